The fourth-order valence-electron chi connectivity index (χ4n) is 0.641. The summed E-state index contributed by atoms with van der Waals surface area (Å²) in [5.74, 6) is -0.583. The highest BCUT2D eigenvalue weighted by Crippen LogP contribution is 2.05. The van der Waals surface area contributed by atoms with Crippen molar-refractivity contribution in [2.45, 2.75) is 26.2 Å². The Morgan fingerprint density at radius 2 is 2.21 bits per heavy atom. The summed E-state index contributed by atoms with van der Waals surface area (Å²) in [5.41, 5.74) is 0.262. The summed E-state index contributed by atoms with van der Waals surface area (Å²) >= 11 is 0. The van der Waals surface area contributed by atoms with Gasteiger partial charge in [0, 0.05) is 5.57 Å². The number of carbonyl (C=O) groups excluding carboxylic acids is 1. The molecule has 80 valence electrons. The van der Waals surface area contributed by atoms with Gasteiger partial charge in [-0.3, -0.25) is 0 Å². The Hall–Kier alpha value is -1.13. The lowest BCUT2D eigenvalue weighted by Gasteiger charge is -2.19. The van der Waals surface area contributed by atoms with E-state index in [1.165, 1.54) is 19.9 Å². The van der Waals surface area contributed by atoms with E-state index in [2.05, 4.69) is 13.2 Å². The summed E-state index contributed by atoms with van der Waals surface area (Å²) in [5, 5.41) is 9.20. The average Bonchev–Trinajstić information content (AvgIpc) is 2.10. The standard InChI is InChI=1S/C10H16O4/c1-5-6-13-10(8(4)11)14-9(12)7(2)3/h5,8,10-11H,1-2,6H2,3-4H3. The van der Waals surface area contributed by atoms with E-state index < -0.39 is 18.4 Å². The first kappa shape index (κ1) is 12.9. The maximum atomic E-state index is 11.1. The van der Waals surface area contributed by atoms with Crippen LogP contribution in [0.4, 0.5) is 0 Å². The van der Waals surface area contributed by atoms with Crippen LogP contribution in [-0.2, 0) is 14.3 Å². The monoisotopic (exact) mass is 200 g/mol. The number of ether oxygens (including phenoxy) is 2. The van der Waals surface area contributed by atoms with Crippen molar-refractivity contribution in [3.8, 4) is 0 Å². The highest BCUT2D eigenvalue weighted by Gasteiger charge is 2.20. The minimum atomic E-state index is -0.975. The van der Waals surface area contributed by atoms with Crippen LogP contribution in [0.1, 0.15) is 13.8 Å². The third-order valence-electron chi connectivity index (χ3n) is 1.34. The first-order valence-corrected chi connectivity index (χ1v) is 4.26. The molecule has 4 nitrogen and oxygen atoms in total. The summed E-state index contributed by atoms with van der Waals surface area (Å²) in [6.45, 7) is 10.1. The third kappa shape index (κ3) is 4.79. The van der Waals surface area contributed by atoms with Crippen molar-refractivity contribution in [3.05, 3.63) is 24.8 Å². The molecule has 4 heteroatoms. The molecule has 0 aromatic heterocycles. The third-order valence-corrected chi connectivity index (χ3v) is 1.34. The summed E-state index contributed by atoms with van der Waals surface area (Å²) in [7, 11) is 0. The normalized spacial score (nSPS) is 14.2. The van der Waals surface area contributed by atoms with Crippen LogP contribution in [0.5, 0.6) is 0 Å². The molecule has 0 radical (unpaired) electrons. The Morgan fingerprint density at radius 1 is 1.64 bits per heavy atom. The first-order valence-electron chi connectivity index (χ1n) is 4.26. The summed E-state index contributed by atoms with van der Waals surface area (Å²) in [6.07, 6.45) is -0.361. The van der Waals surface area contributed by atoms with Crippen LogP contribution in [0.25, 0.3) is 0 Å². The second kappa shape index (κ2) is 6.34. The fraction of sp³-hybridized carbons (Fsp3) is 0.500. The second-order valence-electron chi connectivity index (χ2n) is 2.92. The van der Waals surface area contributed by atoms with Crippen LogP contribution in [-0.4, -0.2) is 30.1 Å². The molecular formula is C10H16O4. The fourth-order valence-corrected chi connectivity index (χ4v) is 0.641. The van der Waals surface area contributed by atoms with Crippen molar-refractivity contribution in [2.24, 2.45) is 0 Å². The molecule has 0 rings (SSSR count). The predicted molar refractivity (Wildman–Crippen MR) is 52.5 cm³/mol. The Bertz CT molecular complexity index is 220. The summed E-state index contributed by atoms with van der Waals surface area (Å²) < 4.78 is 9.84. The number of rotatable bonds is 6. The molecule has 0 saturated heterocycles. The van der Waals surface area contributed by atoms with Crippen molar-refractivity contribution in [1.82, 2.24) is 0 Å². The average molecular weight is 200 g/mol. The van der Waals surface area contributed by atoms with Crippen molar-refractivity contribution in [3.63, 3.8) is 0 Å². The summed E-state index contributed by atoms with van der Waals surface area (Å²) in [4.78, 5) is 11.1. The largest absolute Gasteiger partial charge is 0.430 e. The number of carbonyl (C=O) groups is 1. The molecule has 0 bridgehead atoms. The molecule has 0 spiro atoms. The van der Waals surface area contributed by atoms with E-state index in [-0.39, 0.29) is 12.2 Å². The Labute approximate surface area is 83.8 Å². The van der Waals surface area contributed by atoms with Gasteiger partial charge in [-0.15, -0.1) is 6.58 Å². The molecule has 1 N–H and O–H groups in total. The van der Waals surface area contributed by atoms with Gasteiger partial charge in [-0.05, 0) is 13.8 Å². The lowest BCUT2D eigenvalue weighted by molar-refractivity contribution is -0.193. The highest BCUT2D eigenvalue weighted by molar-refractivity contribution is 5.87. The Morgan fingerprint density at radius 3 is 2.57 bits per heavy atom. The molecule has 0 aromatic carbocycles. The van der Waals surface area contributed by atoms with Crippen molar-refractivity contribution >= 4 is 5.97 Å². The van der Waals surface area contributed by atoms with Gasteiger partial charge < -0.3 is 14.6 Å². The van der Waals surface area contributed by atoms with Gasteiger partial charge in [0.1, 0.15) is 6.10 Å². The van der Waals surface area contributed by atoms with E-state index in [4.69, 9.17) is 9.47 Å². The molecule has 0 aliphatic heterocycles. The van der Waals surface area contributed by atoms with Crippen LogP contribution >= 0.6 is 0 Å². The molecule has 2 atom stereocenters. The van der Waals surface area contributed by atoms with Crippen molar-refractivity contribution in [2.75, 3.05) is 6.61 Å². The van der Waals surface area contributed by atoms with Crippen LogP contribution in [0.15, 0.2) is 24.8 Å². The number of aliphatic hydroxyl groups excluding tert-OH is 1. The zero-order chi connectivity index (χ0) is 11.1. The quantitative estimate of drug-likeness (QED) is 0.301. The van der Waals surface area contributed by atoms with E-state index >= 15 is 0 Å². The van der Waals surface area contributed by atoms with E-state index in [0.717, 1.165) is 0 Å². The SMILES string of the molecule is C=CCOC(OC(=O)C(=C)C)C(C)O. The number of hydrogen-bond donors (Lipinski definition) is 1. The van der Waals surface area contributed by atoms with Crippen LogP contribution in [0, 0.1) is 0 Å². The minimum Gasteiger partial charge on any atom is -0.430 e. The molecule has 0 fully saturated rings. The molecular weight excluding hydrogens is 184 g/mol. The summed E-state index contributed by atoms with van der Waals surface area (Å²) in [6, 6.07) is 0. The van der Waals surface area contributed by atoms with E-state index in [9.17, 15) is 9.90 Å². The van der Waals surface area contributed by atoms with E-state index in [1.807, 2.05) is 0 Å². The van der Waals surface area contributed by atoms with Gasteiger partial charge in [0.2, 0.25) is 6.29 Å². The van der Waals surface area contributed by atoms with Crippen molar-refractivity contribution < 1.29 is 19.4 Å². The maximum absolute atomic E-state index is 11.1. The lowest BCUT2D eigenvalue weighted by Crippen LogP contribution is -2.32. The zero-order valence-electron chi connectivity index (χ0n) is 8.53. The molecule has 0 amide bonds. The molecule has 0 aliphatic rings. The number of esters is 1. The number of hydrogen-bond acceptors (Lipinski definition) is 4. The molecule has 0 aliphatic carbocycles. The Kier molecular flexibility index (Phi) is 5.83. The van der Waals surface area contributed by atoms with Gasteiger partial charge in [-0.25, -0.2) is 4.79 Å². The van der Waals surface area contributed by atoms with Gasteiger partial charge in [-0.1, -0.05) is 12.7 Å². The maximum Gasteiger partial charge on any atom is 0.335 e. The van der Waals surface area contributed by atoms with Gasteiger partial charge in [0.25, 0.3) is 0 Å². The van der Waals surface area contributed by atoms with Gasteiger partial charge >= 0.3 is 5.97 Å². The number of aliphatic hydroxyl groups is 1. The minimum absolute atomic E-state index is 0.207. The highest BCUT2D eigenvalue weighted by atomic mass is 16.7. The van der Waals surface area contributed by atoms with Crippen LogP contribution < -0.4 is 0 Å². The second-order valence-corrected chi connectivity index (χ2v) is 2.92. The van der Waals surface area contributed by atoms with Crippen LogP contribution in [0.2, 0.25) is 0 Å². The lowest BCUT2D eigenvalue weighted by atomic mass is 10.3. The van der Waals surface area contributed by atoms with E-state index in [1.54, 1.807) is 0 Å². The molecule has 0 aromatic rings. The molecule has 2 unspecified atom stereocenters. The van der Waals surface area contributed by atoms with E-state index in [0.29, 0.717) is 0 Å². The van der Waals surface area contributed by atoms with Crippen LogP contribution in [0.3, 0.4) is 0 Å². The van der Waals surface area contributed by atoms with Gasteiger partial charge in [0.15, 0.2) is 0 Å². The predicted octanol–water partition coefficient (Wildman–Crippen LogP) is 1.02. The van der Waals surface area contributed by atoms with Gasteiger partial charge in [-0.2, -0.15) is 0 Å². The first-order chi connectivity index (χ1) is 6.49. The molecule has 0 saturated carbocycles. The Balaban J connectivity index is 4.15. The smallest absolute Gasteiger partial charge is 0.335 e. The van der Waals surface area contributed by atoms with Crippen molar-refractivity contribution in [1.29, 1.82) is 0 Å². The topological polar surface area (TPSA) is 55.8 Å². The zero-order valence-corrected chi connectivity index (χ0v) is 8.53. The molecule has 14 heavy (non-hydrogen) atoms. The van der Waals surface area contributed by atoms with Gasteiger partial charge in [0.05, 0.1) is 6.61 Å². The molecule has 0 heterocycles.